The highest BCUT2D eigenvalue weighted by atomic mass is 19.1. The Hall–Kier alpha value is -6.85. The second-order valence-corrected chi connectivity index (χ2v) is 12.8. The van der Waals surface area contributed by atoms with Gasteiger partial charge < -0.3 is 4.90 Å². The molecule has 0 aliphatic heterocycles. The summed E-state index contributed by atoms with van der Waals surface area (Å²) in [7, 11) is 0. The van der Waals surface area contributed by atoms with Crippen molar-refractivity contribution in [2.45, 2.75) is 0 Å². The zero-order valence-corrected chi connectivity index (χ0v) is 27.4. The molecule has 1 aromatic heterocycles. The van der Waals surface area contributed by atoms with Crippen molar-refractivity contribution in [3.63, 3.8) is 0 Å². The van der Waals surface area contributed by atoms with Gasteiger partial charge in [-0.3, -0.25) is 4.90 Å². The average molecular weight is 657 g/mol. The standard InChI is InChI=1S/C46H29FN4/c47-39-15-7-9-17-43(39)50(35-13-2-1-3-14-35)41-26-21-31-20-25-38-42(27-22-32-19-24-37(41)44(31)45(32)38)51(36-23-18-30-10-4-5-11-33(30)28-36)46-48-29-34-12-6-8-16-40(34)49-46/h1-29H. The van der Waals surface area contributed by atoms with Crippen LogP contribution in [0, 0.1) is 5.82 Å². The van der Waals surface area contributed by atoms with Crippen molar-refractivity contribution >= 4 is 88.4 Å². The number of aromatic nitrogens is 2. The van der Waals surface area contributed by atoms with Gasteiger partial charge in [0, 0.05) is 33.7 Å². The predicted molar refractivity (Wildman–Crippen MR) is 210 cm³/mol. The summed E-state index contributed by atoms with van der Waals surface area (Å²) in [6.07, 6.45) is 1.90. The lowest BCUT2D eigenvalue weighted by Crippen LogP contribution is -2.14. The van der Waals surface area contributed by atoms with Crippen LogP contribution in [0.3, 0.4) is 0 Å². The summed E-state index contributed by atoms with van der Waals surface area (Å²) in [5, 5.41) is 9.90. The van der Waals surface area contributed by atoms with Crippen LogP contribution in [0.5, 0.6) is 0 Å². The Labute approximate surface area is 293 Å². The van der Waals surface area contributed by atoms with E-state index in [2.05, 4.69) is 95.9 Å². The lowest BCUT2D eigenvalue weighted by molar-refractivity contribution is 0.629. The van der Waals surface area contributed by atoms with Crippen molar-refractivity contribution < 1.29 is 4.39 Å². The highest BCUT2D eigenvalue weighted by Crippen LogP contribution is 2.47. The molecule has 5 heteroatoms. The molecule has 0 bridgehead atoms. The SMILES string of the molecule is Fc1ccccc1N(c1ccccc1)c1ccc2ccc3c(N(c4ccc5ccccc5c4)c4ncc5ccccc5n4)ccc4ccc1c2c43. The summed E-state index contributed by atoms with van der Waals surface area (Å²) in [6.45, 7) is 0. The normalized spacial score (nSPS) is 11.6. The first kappa shape index (κ1) is 29.1. The summed E-state index contributed by atoms with van der Waals surface area (Å²) in [4.78, 5) is 14.2. The number of rotatable bonds is 6. The molecule has 9 aromatic carbocycles. The van der Waals surface area contributed by atoms with Crippen LogP contribution in [-0.4, -0.2) is 9.97 Å². The third-order valence-electron chi connectivity index (χ3n) is 9.88. The molecule has 4 nitrogen and oxygen atoms in total. The number of hydrogen-bond acceptors (Lipinski definition) is 4. The molecule has 0 aliphatic rings. The van der Waals surface area contributed by atoms with Crippen LogP contribution in [0.25, 0.3) is 54.0 Å². The maximum absolute atomic E-state index is 15.6. The fourth-order valence-electron chi connectivity index (χ4n) is 7.53. The minimum absolute atomic E-state index is 0.282. The monoisotopic (exact) mass is 656 g/mol. The average Bonchev–Trinajstić information content (AvgIpc) is 3.19. The van der Waals surface area contributed by atoms with Crippen LogP contribution in [0.2, 0.25) is 0 Å². The number of nitrogens with zero attached hydrogens (tertiary/aromatic N) is 4. The fraction of sp³-hybridized carbons (Fsp3) is 0. The summed E-state index contributed by atoms with van der Waals surface area (Å²) >= 11 is 0. The molecule has 240 valence electrons. The molecule has 0 radical (unpaired) electrons. The highest BCUT2D eigenvalue weighted by Gasteiger charge is 2.23. The van der Waals surface area contributed by atoms with Crippen molar-refractivity contribution in [1.29, 1.82) is 0 Å². The number of benzene rings is 9. The van der Waals surface area contributed by atoms with Crippen LogP contribution in [0.1, 0.15) is 0 Å². The maximum Gasteiger partial charge on any atom is 0.235 e. The van der Waals surface area contributed by atoms with E-state index in [1.807, 2.05) is 77.8 Å². The molecule has 0 spiro atoms. The zero-order chi connectivity index (χ0) is 33.9. The van der Waals surface area contributed by atoms with Crippen molar-refractivity contribution in [2.24, 2.45) is 0 Å². The van der Waals surface area contributed by atoms with Crippen molar-refractivity contribution in [2.75, 3.05) is 9.80 Å². The van der Waals surface area contributed by atoms with Crippen molar-refractivity contribution in [3.8, 4) is 0 Å². The van der Waals surface area contributed by atoms with Gasteiger partial charge in [0.1, 0.15) is 5.82 Å². The third-order valence-corrected chi connectivity index (χ3v) is 9.88. The summed E-state index contributed by atoms with van der Waals surface area (Å²) in [5.41, 5.74) is 5.11. The van der Waals surface area contributed by atoms with E-state index in [-0.39, 0.29) is 5.82 Å². The van der Waals surface area contributed by atoms with Crippen LogP contribution in [-0.2, 0) is 0 Å². The van der Waals surface area contributed by atoms with E-state index in [1.165, 1.54) is 11.5 Å². The van der Waals surface area contributed by atoms with Crippen molar-refractivity contribution in [1.82, 2.24) is 9.97 Å². The molecule has 0 atom stereocenters. The van der Waals surface area contributed by atoms with Gasteiger partial charge in [0.05, 0.1) is 22.6 Å². The molecule has 10 rings (SSSR count). The Balaban J connectivity index is 1.25. The summed E-state index contributed by atoms with van der Waals surface area (Å²) in [6, 6.07) is 57.3. The minimum Gasteiger partial charge on any atom is -0.307 e. The molecular weight excluding hydrogens is 628 g/mol. The molecule has 10 aromatic rings. The topological polar surface area (TPSA) is 32.3 Å². The lowest BCUT2D eigenvalue weighted by Gasteiger charge is -2.29. The molecule has 0 saturated carbocycles. The van der Waals surface area contributed by atoms with Gasteiger partial charge in [-0.1, -0.05) is 115 Å². The Morgan fingerprint density at radius 2 is 1.00 bits per heavy atom. The second kappa shape index (κ2) is 11.6. The first-order chi connectivity index (χ1) is 25.2. The zero-order valence-electron chi connectivity index (χ0n) is 27.4. The van der Waals surface area contributed by atoms with Gasteiger partial charge in [0.2, 0.25) is 5.95 Å². The fourth-order valence-corrected chi connectivity index (χ4v) is 7.53. The number of anilines is 6. The maximum atomic E-state index is 15.6. The van der Waals surface area contributed by atoms with Gasteiger partial charge >= 0.3 is 0 Å². The van der Waals surface area contributed by atoms with Crippen LogP contribution < -0.4 is 9.80 Å². The van der Waals surface area contributed by atoms with Gasteiger partial charge in [-0.15, -0.1) is 0 Å². The molecule has 0 aliphatic carbocycles. The van der Waals surface area contributed by atoms with Crippen molar-refractivity contribution in [3.05, 3.63) is 182 Å². The highest BCUT2D eigenvalue weighted by molar-refractivity contribution is 6.28. The first-order valence-electron chi connectivity index (χ1n) is 17.0. The number of para-hydroxylation sites is 3. The Kier molecular flexibility index (Phi) is 6.64. The van der Waals surface area contributed by atoms with E-state index in [0.29, 0.717) is 11.6 Å². The number of halogens is 1. The number of fused-ring (bicyclic) bond motifs is 2. The number of hydrogen-bond donors (Lipinski definition) is 0. The van der Waals surface area contributed by atoms with E-state index in [0.717, 1.165) is 71.4 Å². The smallest absolute Gasteiger partial charge is 0.235 e. The lowest BCUT2D eigenvalue weighted by atomic mass is 9.92. The van der Waals surface area contributed by atoms with Crippen LogP contribution >= 0.6 is 0 Å². The Morgan fingerprint density at radius 1 is 0.412 bits per heavy atom. The van der Waals surface area contributed by atoms with Gasteiger partial charge in [0.15, 0.2) is 0 Å². The van der Waals surface area contributed by atoms with E-state index in [9.17, 15) is 0 Å². The van der Waals surface area contributed by atoms with E-state index in [1.54, 1.807) is 6.07 Å². The molecule has 1 heterocycles. The molecule has 51 heavy (non-hydrogen) atoms. The quantitative estimate of drug-likeness (QED) is 0.167. The molecule has 0 amide bonds. The van der Waals surface area contributed by atoms with Gasteiger partial charge in [0.25, 0.3) is 0 Å². The Morgan fingerprint density at radius 3 is 1.75 bits per heavy atom. The third kappa shape index (κ3) is 4.74. The van der Waals surface area contributed by atoms with Gasteiger partial charge in [-0.2, -0.15) is 0 Å². The van der Waals surface area contributed by atoms with Crippen LogP contribution in [0.4, 0.5) is 38.8 Å². The van der Waals surface area contributed by atoms with E-state index in [4.69, 9.17) is 9.97 Å². The summed E-state index contributed by atoms with van der Waals surface area (Å²) in [5.74, 6) is 0.310. The van der Waals surface area contributed by atoms with Gasteiger partial charge in [-0.05, 0) is 86.9 Å². The van der Waals surface area contributed by atoms with E-state index >= 15 is 4.39 Å². The predicted octanol–water partition coefficient (Wildman–Crippen LogP) is 12.8. The van der Waals surface area contributed by atoms with Gasteiger partial charge in [-0.25, -0.2) is 14.4 Å². The van der Waals surface area contributed by atoms with Crippen LogP contribution in [0.15, 0.2) is 176 Å². The molecule has 0 unspecified atom stereocenters. The molecular formula is C46H29FN4. The first-order valence-corrected chi connectivity index (χ1v) is 17.0. The summed E-state index contributed by atoms with van der Waals surface area (Å²) < 4.78 is 15.6. The Bertz CT molecular complexity index is 2830. The molecule has 0 N–H and O–H groups in total. The minimum atomic E-state index is -0.282. The largest absolute Gasteiger partial charge is 0.307 e. The second-order valence-electron chi connectivity index (χ2n) is 12.8. The van der Waals surface area contributed by atoms with E-state index < -0.39 is 0 Å². The molecule has 0 fully saturated rings. The molecule has 0 saturated heterocycles.